The maximum absolute atomic E-state index is 11.2. The summed E-state index contributed by atoms with van der Waals surface area (Å²) in [6, 6.07) is 9.97. The fourth-order valence-electron chi connectivity index (χ4n) is 1.52. The van der Waals surface area contributed by atoms with Crippen molar-refractivity contribution in [3.63, 3.8) is 0 Å². The van der Waals surface area contributed by atoms with Crippen molar-refractivity contribution in [1.29, 1.82) is 0 Å². The zero-order chi connectivity index (χ0) is 13.6. The van der Waals surface area contributed by atoms with E-state index in [4.69, 9.17) is 4.84 Å². The summed E-state index contributed by atoms with van der Waals surface area (Å²) in [6.07, 6.45) is 1.14. The minimum Gasteiger partial charge on any atom is -0.317 e. The summed E-state index contributed by atoms with van der Waals surface area (Å²) >= 11 is 0. The number of carbonyl (C=O) groups excluding carboxylic acids is 1. The molecule has 1 aromatic rings. The Morgan fingerprint density at radius 2 is 2.11 bits per heavy atom. The van der Waals surface area contributed by atoms with E-state index >= 15 is 0 Å². The highest BCUT2D eigenvalue weighted by atomic mass is 16.8. The van der Waals surface area contributed by atoms with E-state index in [0.29, 0.717) is 6.54 Å². The second-order valence-corrected chi connectivity index (χ2v) is 4.09. The molecular weight excluding hydrogens is 230 g/mol. The molecule has 1 aromatic carbocycles. The van der Waals surface area contributed by atoms with E-state index in [-0.39, 0.29) is 4.70 Å². The highest BCUT2D eigenvalue weighted by Crippen LogP contribution is 2.11. The van der Waals surface area contributed by atoms with Gasteiger partial charge in [-0.25, -0.2) is 4.79 Å². The average Bonchev–Trinajstić information content (AvgIpc) is 2.39. The van der Waals surface area contributed by atoms with E-state index in [0.717, 1.165) is 11.6 Å². The van der Waals surface area contributed by atoms with Gasteiger partial charge in [-0.3, -0.25) is 0 Å². The molecule has 0 aliphatic rings. The van der Waals surface area contributed by atoms with Crippen LogP contribution in [-0.2, 0) is 16.2 Å². The molecule has 1 rings (SSSR count). The van der Waals surface area contributed by atoms with Gasteiger partial charge in [0.05, 0.1) is 7.05 Å². The lowest BCUT2D eigenvalue weighted by atomic mass is 10.2. The molecule has 0 heterocycles. The van der Waals surface area contributed by atoms with Crippen molar-refractivity contribution < 1.29 is 14.3 Å². The molecule has 5 heteroatoms. The number of nitrogens with one attached hydrogen (secondary N) is 1. The van der Waals surface area contributed by atoms with Gasteiger partial charge in [0.15, 0.2) is 0 Å². The van der Waals surface area contributed by atoms with Crippen LogP contribution in [0.1, 0.15) is 5.56 Å². The lowest BCUT2D eigenvalue weighted by molar-refractivity contribution is -1.09. The lowest BCUT2D eigenvalue weighted by Crippen LogP contribution is -2.62. The molecule has 0 aliphatic heterocycles. The van der Waals surface area contributed by atoms with E-state index < -0.39 is 5.97 Å². The standard InChI is InChI=1S/C13H20N3O2/c1-5-13(17)18-15(3)16(4,14-2)11-12-9-7-6-8-10-12/h5-10,14H,1,11H2,2-4H3/q+1. The Bertz CT molecular complexity index is 408. The molecule has 0 fully saturated rings. The van der Waals surface area contributed by atoms with Crippen LogP contribution in [0.2, 0.25) is 0 Å². The predicted molar refractivity (Wildman–Crippen MR) is 69.4 cm³/mol. The van der Waals surface area contributed by atoms with E-state index in [9.17, 15) is 4.79 Å². The van der Waals surface area contributed by atoms with E-state index in [1.807, 2.05) is 37.4 Å². The quantitative estimate of drug-likeness (QED) is 0.469. The summed E-state index contributed by atoms with van der Waals surface area (Å²) in [5.41, 5.74) is 4.24. The Balaban J connectivity index is 2.78. The average molecular weight is 250 g/mol. The van der Waals surface area contributed by atoms with Crippen molar-refractivity contribution >= 4 is 5.97 Å². The maximum Gasteiger partial charge on any atom is 0.354 e. The monoisotopic (exact) mass is 250 g/mol. The van der Waals surface area contributed by atoms with Crippen molar-refractivity contribution in [2.45, 2.75) is 6.54 Å². The highest BCUT2D eigenvalue weighted by molar-refractivity contribution is 5.80. The van der Waals surface area contributed by atoms with Gasteiger partial charge in [-0.2, -0.15) is 0 Å². The van der Waals surface area contributed by atoms with Crippen molar-refractivity contribution in [3.05, 3.63) is 48.6 Å². The molecule has 0 aromatic heterocycles. The van der Waals surface area contributed by atoms with Crippen LogP contribution in [0.15, 0.2) is 43.0 Å². The summed E-state index contributed by atoms with van der Waals surface area (Å²) < 4.78 is 0.240. The van der Waals surface area contributed by atoms with Gasteiger partial charge in [-0.05, 0) is 0 Å². The number of rotatable bonds is 6. The number of hydrogen-bond acceptors (Lipinski definition) is 4. The molecule has 0 saturated carbocycles. The first-order chi connectivity index (χ1) is 8.51. The fourth-order valence-corrected chi connectivity index (χ4v) is 1.52. The lowest BCUT2D eigenvalue weighted by Gasteiger charge is -2.36. The van der Waals surface area contributed by atoms with Crippen molar-refractivity contribution in [2.75, 3.05) is 21.1 Å². The normalized spacial score (nSPS) is 14.0. The van der Waals surface area contributed by atoms with Crippen molar-refractivity contribution in [2.24, 2.45) is 0 Å². The first-order valence-corrected chi connectivity index (χ1v) is 5.69. The molecule has 0 spiro atoms. The third-order valence-electron chi connectivity index (χ3n) is 2.83. The molecule has 1 N–H and O–H groups in total. The highest BCUT2D eigenvalue weighted by Gasteiger charge is 2.30. The van der Waals surface area contributed by atoms with E-state index in [1.165, 1.54) is 5.17 Å². The minimum atomic E-state index is -0.481. The van der Waals surface area contributed by atoms with Crippen molar-refractivity contribution in [1.82, 2.24) is 10.6 Å². The largest absolute Gasteiger partial charge is 0.354 e. The molecule has 0 radical (unpaired) electrons. The van der Waals surface area contributed by atoms with Gasteiger partial charge in [0.1, 0.15) is 13.6 Å². The second-order valence-electron chi connectivity index (χ2n) is 4.09. The van der Waals surface area contributed by atoms with Crippen LogP contribution >= 0.6 is 0 Å². The molecule has 1 atom stereocenters. The molecule has 1 unspecified atom stereocenters. The molecule has 98 valence electrons. The minimum absolute atomic E-state index is 0.240. The van der Waals surface area contributed by atoms with Gasteiger partial charge in [0.25, 0.3) is 0 Å². The number of hydrogen-bond donors (Lipinski definition) is 1. The zero-order valence-corrected chi connectivity index (χ0v) is 11.1. The fraction of sp³-hybridized carbons (Fsp3) is 0.308. The Kier molecular flexibility index (Phi) is 5.03. The first kappa shape index (κ1) is 14.4. The molecule has 18 heavy (non-hydrogen) atoms. The third-order valence-corrected chi connectivity index (χ3v) is 2.83. The van der Waals surface area contributed by atoms with Gasteiger partial charge in [-0.15, -0.1) is 10.1 Å². The van der Waals surface area contributed by atoms with Crippen LogP contribution in [0.3, 0.4) is 0 Å². The summed E-state index contributed by atoms with van der Waals surface area (Å²) in [7, 11) is 5.41. The van der Waals surface area contributed by atoms with Gasteiger partial charge in [-0.1, -0.05) is 36.9 Å². The summed E-state index contributed by atoms with van der Waals surface area (Å²) in [5, 5.41) is 1.46. The van der Waals surface area contributed by atoms with Crippen LogP contribution < -0.4 is 5.43 Å². The smallest absolute Gasteiger partial charge is 0.317 e. The molecule has 0 aliphatic carbocycles. The van der Waals surface area contributed by atoms with E-state index in [1.54, 1.807) is 14.1 Å². The van der Waals surface area contributed by atoms with Crippen LogP contribution in [0, 0.1) is 0 Å². The number of quaternary nitrogens is 1. The zero-order valence-electron chi connectivity index (χ0n) is 11.1. The SMILES string of the molecule is C=CC(=O)ON(C)[N+](C)(Cc1ccccc1)NC. The molecule has 0 amide bonds. The molecule has 5 nitrogen and oxygen atoms in total. The first-order valence-electron chi connectivity index (χ1n) is 5.69. The van der Waals surface area contributed by atoms with Gasteiger partial charge >= 0.3 is 5.97 Å². The van der Waals surface area contributed by atoms with E-state index in [2.05, 4.69) is 12.0 Å². The van der Waals surface area contributed by atoms with Crippen molar-refractivity contribution in [3.8, 4) is 0 Å². The Morgan fingerprint density at radius 3 is 2.61 bits per heavy atom. The Morgan fingerprint density at radius 1 is 1.50 bits per heavy atom. The third kappa shape index (κ3) is 3.66. The second kappa shape index (κ2) is 6.30. The van der Waals surface area contributed by atoms with Crippen LogP contribution in [0.25, 0.3) is 0 Å². The van der Waals surface area contributed by atoms with Crippen LogP contribution in [-0.4, -0.2) is 37.0 Å². The molecule has 0 bridgehead atoms. The summed E-state index contributed by atoms with van der Waals surface area (Å²) in [6.45, 7) is 4.03. The Labute approximate surface area is 108 Å². The number of benzene rings is 1. The molecule has 0 saturated heterocycles. The van der Waals surface area contributed by atoms with Gasteiger partial charge in [0.2, 0.25) is 0 Å². The predicted octanol–water partition coefficient (Wildman–Crippen LogP) is 1.26. The number of nitrogens with zero attached hydrogens (tertiary/aromatic N) is 2. The number of hydroxylamine groups is 1. The Hall–Kier alpha value is -1.69. The topological polar surface area (TPSA) is 41.6 Å². The molecular formula is C13H20N3O2+. The summed E-state index contributed by atoms with van der Waals surface area (Å²) in [4.78, 5) is 16.3. The summed E-state index contributed by atoms with van der Waals surface area (Å²) in [5.74, 6) is -0.481. The maximum atomic E-state index is 11.2. The number of carbonyl (C=O) groups is 1. The van der Waals surface area contributed by atoms with Crippen LogP contribution in [0.4, 0.5) is 0 Å². The van der Waals surface area contributed by atoms with Gasteiger partial charge in [0, 0.05) is 23.9 Å². The van der Waals surface area contributed by atoms with Gasteiger partial charge < -0.3 is 4.84 Å². The van der Waals surface area contributed by atoms with Crippen LogP contribution in [0.5, 0.6) is 0 Å².